The molecule has 1 atom stereocenters. The van der Waals surface area contributed by atoms with E-state index in [1.54, 1.807) is 12.5 Å². The Bertz CT molecular complexity index is 771. The van der Waals surface area contributed by atoms with Gasteiger partial charge in [-0.25, -0.2) is 9.97 Å². The maximum Gasteiger partial charge on any atom is 0.157 e. The Morgan fingerprint density at radius 3 is 2.77 bits per heavy atom. The lowest BCUT2D eigenvalue weighted by Crippen LogP contribution is -2.19. The van der Waals surface area contributed by atoms with Crippen LogP contribution < -0.4 is 5.32 Å². The number of nitrogens with one attached hydrogen (secondary N) is 1. The van der Waals surface area contributed by atoms with Crippen LogP contribution in [0.1, 0.15) is 37.8 Å². The van der Waals surface area contributed by atoms with Crippen LogP contribution in [0.5, 0.6) is 0 Å². The van der Waals surface area contributed by atoms with Gasteiger partial charge in [0.05, 0.1) is 12.2 Å². The van der Waals surface area contributed by atoms with Gasteiger partial charge < -0.3 is 5.32 Å². The van der Waals surface area contributed by atoms with Crippen molar-refractivity contribution in [2.75, 3.05) is 5.32 Å². The molecule has 0 aliphatic heterocycles. The molecule has 7 nitrogen and oxygen atoms in total. The Morgan fingerprint density at radius 2 is 2.09 bits per heavy atom. The van der Waals surface area contributed by atoms with E-state index < -0.39 is 0 Å². The Labute approximate surface area is 129 Å². The predicted molar refractivity (Wildman–Crippen MR) is 84.5 cm³/mol. The van der Waals surface area contributed by atoms with E-state index in [4.69, 9.17) is 0 Å². The first-order valence-electron chi connectivity index (χ1n) is 7.46. The largest absolute Gasteiger partial charge is 0.360 e. The fourth-order valence-electron chi connectivity index (χ4n) is 2.64. The van der Waals surface area contributed by atoms with Crippen LogP contribution in [0.25, 0.3) is 5.65 Å². The molecular formula is C15H21N7. The number of aryl methyl sites for hydroxylation is 2. The Morgan fingerprint density at radius 1 is 1.27 bits per heavy atom. The SMILES string of the molecule is Cc1cc(NC(CC(C)C)c2ncnn2C)n2nccc2n1. The number of hydrogen-bond donors (Lipinski definition) is 1. The van der Waals surface area contributed by atoms with Crippen LogP contribution in [-0.2, 0) is 7.05 Å². The molecule has 7 heteroatoms. The summed E-state index contributed by atoms with van der Waals surface area (Å²) in [5.41, 5.74) is 1.79. The number of anilines is 1. The lowest BCUT2D eigenvalue weighted by Gasteiger charge is -2.21. The topological polar surface area (TPSA) is 72.9 Å². The number of fused-ring (bicyclic) bond motifs is 1. The van der Waals surface area contributed by atoms with Crippen molar-refractivity contribution in [2.45, 2.75) is 33.2 Å². The van der Waals surface area contributed by atoms with E-state index in [2.05, 4.69) is 39.3 Å². The molecule has 3 aromatic rings. The van der Waals surface area contributed by atoms with Crippen molar-refractivity contribution < 1.29 is 0 Å². The number of hydrogen-bond acceptors (Lipinski definition) is 5. The Balaban J connectivity index is 1.98. The summed E-state index contributed by atoms with van der Waals surface area (Å²) >= 11 is 0. The van der Waals surface area contributed by atoms with Gasteiger partial charge in [-0.3, -0.25) is 4.68 Å². The molecule has 0 bridgehead atoms. The van der Waals surface area contributed by atoms with Crippen LogP contribution in [0.4, 0.5) is 5.82 Å². The molecule has 22 heavy (non-hydrogen) atoms. The van der Waals surface area contributed by atoms with Gasteiger partial charge in [-0.2, -0.15) is 14.7 Å². The summed E-state index contributed by atoms with van der Waals surface area (Å²) in [5, 5.41) is 12.1. The summed E-state index contributed by atoms with van der Waals surface area (Å²) in [5.74, 6) is 2.37. The van der Waals surface area contributed by atoms with Gasteiger partial charge in [-0.1, -0.05) is 13.8 Å². The van der Waals surface area contributed by atoms with Crippen LogP contribution in [0.15, 0.2) is 24.7 Å². The van der Waals surface area contributed by atoms with Crippen molar-refractivity contribution in [3.8, 4) is 0 Å². The number of rotatable bonds is 5. The summed E-state index contributed by atoms with van der Waals surface area (Å²) in [6.07, 6.45) is 4.30. The summed E-state index contributed by atoms with van der Waals surface area (Å²) < 4.78 is 3.63. The van der Waals surface area contributed by atoms with Gasteiger partial charge >= 0.3 is 0 Å². The van der Waals surface area contributed by atoms with Gasteiger partial charge in [-0.05, 0) is 19.3 Å². The first kappa shape index (κ1) is 14.5. The van der Waals surface area contributed by atoms with Crippen molar-refractivity contribution in [1.82, 2.24) is 29.4 Å². The molecule has 3 aromatic heterocycles. The molecule has 0 saturated heterocycles. The van der Waals surface area contributed by atoms with E-state index in [9.17, 15) is 0 Å². The number of nitrogens with zero attached hydrogens (tertiary/aromatic N) is 6. The minimum atomic E-state index is 0.0710. The molecule has 0 aliphatic carbocycles. The van der Waals surface area contributed by atoms with E-state index in [-0.39, 0.29) is 6.04 Å². The van der Waals surface area contributed by atoms with Gasteiger partial charge in [0.1, 0.15) is 18.0 Å². The van der Waals surface area contributed by atoms with Crippen LogP contribution in [0.3, 0.4) is 0 Å². The highest BCUT2D eigenvalue weighted by Gasteiger charge is 2.19. The molecule has 0 amide bonds. The molecular weight excluding hydrogens is 278 g/mol. The molecule has 0 aliphatic rings. The lowest BCUT2D eigenvalue weighted by molar-refractivity contribution is 0.496. The lowest BCUT2D eigenvalue weighted by atomic mass is 10.0. The molecule has 0 saturated carbocycles. The highest BCUT2D eigenvalue weighted by atomic mass is 15.3. The predicted octanol–water partition coefficient (Wildman–Crippen LogP) is 2.37. The average molecular weight is 299 g/mol. The van der Waals surface area contributed by atoms with Gasteiger partial charge in [-0.15, -0.1) is 0 Å². The smallest absolute Gasteiger partial charge is 0.157 e. The molecule has 3 rings (SSSR count). The molecule has 1 unspecified atom stereocenters. The van der Waals surface area contributed by atoms with Crippen LogP contribution in [-0.4, -0.2) is 29.4 Å². The second-order valence-corrected chi connectivity index (χ2v) is 5.95. The molecule has 0 radical (unpaired) electrons. The fourth-order valence-corrected chi connectivity index (χ4v) is 2.64. The van der Waals surface area contributed by atoms with E-state index in [1.165, 1.54) is 0 Å². The van der Waals surface area contributed by atoms with Crippen molar-refractivity contribution in [3.63, 3.8) is 0 Å². The van der Waals surface area contributed by atoms with Gasteiger partial charge in [0.2, 0.25) is 0 Å². The van der Waals surface area contributed by atoms with E-state index >= 15 is 0 Å². The van der Waals surface area contributed by atoms with Gasteiger partial charge in [0, 0.05) is 24.9 Å². The molecule has 0 aromatic carbocycles. The van der Waals surface area contributed by atoms with Crippen molar-refractivity contribution >= 4 is 11.5 Å². The third kappa shape index (κ3) is 2.79. The molecule has 1 N–H and O–H groups in total. The van der Waals surface area contributed by atoms with Gasteiger partial charge in [0.15, 0.2) is 5.65 Å². The second-order valence-electron chi connectivity index (χ2n) is 5.95. The van der Waals surface area contributed by atoms with E-state index in [1.807, 2.05) is 35.3 Å². The number of aromatic nitrogens is 6. The fraction of sp³-hybridized carbons (Fsp3) is 0.467. The summed E-state index contributed by atoms with van der Waals surface area (Å²) in [4.78, 5) is 8.87. The van der Waals surface area contributed by atoms with Crippen LogP contribution in [0, 0.1) is 12.8 Å². The quantitative estimate of drug-likeness (QED) is 0.783. The Hall–Kier alpha value is -2.44. The third-order valence-corrected chi connectivity index (χ3v) is 3.57. The zero-order chi connectivity index (χ0) is 15.7. The molecule has 116 valence electrons. The van der Waals surface area contributed by atoms with Crippen LogP contribution >= 0.6 is 0 Å². The highest BCUT2D eigenvalue weighted by molar-refractivity contribution is 5.49. The van der Waals surface area contributed by atoms with Crippen LogP contribution in [0.2, 0.25) is 0 Å². The second kappa shape index (κ2) is 5.75. The average Bonchev–Trinajstić information content (AvgIpc) is 3.05. The summed E-state index contributed by atoms with van der Waals surface area (Å²) in [6.45, 7) is 6.39. The highest BCUT2D eigenvalue weighted by Crippen LogP contribution is 2.24. The first-order chi connectivity index (χ1) is 10.5. The van der Waals surface area contributed by atoms with Gasteiger partial charge in [0.25, 0.3) is 0 Å². The summed E-state index contributed by atoms with van der Waals surface area (Å²) in [7, 11) is 1.92. The monoisotopic (exact) mass is 299 g/mol. The maximum atomic E-state index is 4.47. The van der Waals surface area contributed by atoms with Crippen molar-refractivity contribution in [3.05, 3.63) is 36.2 Å². The summed E-state index contributed by atoms with van der Waals surface area (Å²) in [6, 6.07) is 3.98. The minimum absolute atomic E-state index is 0.0710. The zero-order valence-corrected chi connectivity index (χ0v) is 13.4. The normalized spacial score (nSPS) is 13.0. The van der Waals surface area contributed by atoms with E-state index in [0.29, 0.717) is 5.92 Å². The third-order valence-electron chi connectivity index (χ3n) is 3.57. The zero-order valence-electron chi connectivity index (χ0n) is 13.4. The Kier molecular flexibility index (Phi) is 3.79. The first-order valence-corrected chi connectivity index (χ1v) is 7.46. The van der Waals surface area contributed by atoms with E-state index in [0.717, 1.165) is 29.4 Å². The minimum Gasteiger partial charge on any atom is -0.360 e. The van der Waals surface area contributed by atoms with Crippen molar-refractivity contribution in [1.29, 1.82) is 0 Å². The molecule has 3 heterocycles. The molecule has 0 fully saturated rings. The standard InChI is InChI=1S/C15H21N7/c1-10(2)7-12(15-16-9-18-21(15)4)20-14-8-11(3)19-13-5-6-17-22(13)14/h5-6,8-10,12,20H,7H2,1-4H3. The van der Waals surface area contributed by atoms with Crippen molar-refractivity contribution in [2.24, 2.45) is 13.0 Å². The maximum absolute atomic E-state index is 4.47. The molecule has 0 spiro atoms.